The predicted octanol–water partition coefficient (Wildman–Crippen LogP) is 2.34. The molecule has 2 rings (SSSR count). The maximum atomic E-state index is 5.96. The monoisotopic (exact) mass is 260 g/mol. The Morgan fingerprint density at radius 2 is 2.16 bits per heavy atom. The molecule has 0 radical (unpaired) electrons. The quantitative estimate of drug-likeness (QED) is 0.776. The van der Waals surface area contributed by atoms with Gasteiger partial charge in [-0.15, -0.1) is 0 Å². The highest BCUT2D eigenvalue weighted by molar-refractivity contribution is 5.72. The van der Waals surface area contributed by atoms with Gasteiger partial charge < -0.3 is 15.0 Å². The average Bonchev–Trinajstić information content (AvgIpc) is 2.87. The first kappa shape index (κ1) is 13.5. The molecule has 2 aromatic heterocycles. The van der Waals surface area contributed by atoms with Crippen molar-refractivity contribution in [2.75, 3.05) is 18.9 Å². The molecule has 0 spiro atoms. The molecule has 0 aliphatic rings. The Morgan fingerprint density at radius 3 is 2.95 bits per heavy atom. The van der Waals surface area contributed by atoms with E-state index in [0.717, 1.165) is 37.3 Å². The lowest BCUT2D eigenvalue weighted by Gasteiger charge is -2.10. The maximum Gasteiger partial charge on any atom is 0.0951 e. The molecule has 0 aromatic carbocycles. The second-order valence-corrected chi connectivity index (χ2v) is 4.40. The van der Waals surface area contributed by atoms with Gasteiger partial charge in [-0.2, -0.15) is 0 Å². The van der Waals surface area contributed by atoms with Gasteiger partial charge in [0.05, 0.1) is 24.8 Å². The fraction of sp³-hybridized carbons (Fsp3) is 0.429. The molecule has 0 saturated carbocycles. The Kier molecular flexibility index (Phi) is 4.92. The van der Waals surface area contributed by atoms with Crippen LogP contribution in [0, 0.1) is 0 Å². The highest BCUT2D eigenvalue weighted by Crippen LogP contribution is 2.23. The number of hydrogen-bond donors (Lipinski definition) is 1. The van der Waals surface area contributed by atoms with E-state index in [9.17, 15) is 0 Å². The van der Waals surface area contributed by atoms with Crippen LogP contribution < -0.4 is 5.73 Å². The van der Waals surface area contributed by atoms with E-state index in [4.69, 9.17) is 10.5 Å². The lowest BCUT2D eigenvalue weighted by Crippen LogP contribution is -2.07. The number of nitrogen functional groups attached to an aromatic ring is 1. The van der Waals surface area contributed by atoms with Crippen LogP contribution in [0.5, 0.6) is 0 Å². The van der Waals surface area contributed by atoms with Crippen LogP contribution in [0.4, 0.5) is 5.69 Å². The van der Waals surface area contributed by atoms with Gasteiger partial charge in [0.25, 0.3) is 0 Å². The minimum atomic E-state index is 0.684. The first-order valence-electron chi connectivity index (χ1n) is 6.60. The van der Waals surface area contributed by atoms with E-state index in [-0.39, 0.29) is 0 Å². The van der Waals surface area contributed by atoms with Gasteiger partial charge in [0.2, 0.25) is 0 Å². The summed E-state index contributed by atoms with van der Waals surface area (Å²) in [5.74, 6) is 0. The minimum Gasteiger partial charge on any atom is -0.398 e. The third-order valence-corrected chi connectivity index (χ3v) is 2.96. The number of rotatable bonds is 7. The molecule has 2 aromatic rings. The molecule has 0 unspecified atom stereocenters. The molecule has 0 saturated heterocycles. The van der Waals surface area contributed by atoms with Crippen molar-refractivity contribution < 1.29 is 4.74 Å². The third kappa shape index (κ3) is 3.54. The summed E-state index contributed by atoms with van der Waals surface area (Å²) in [6, 6.07) is 1.80. The summed E-state index contributed by atoms with van der Waals surface area (Å²) in [5, 5.41) is 0. The third-order valence-electron chi connectivity index (χ3n) is 2.96. The number of hydrogen-bond acceptors (Lipinski definition) is 4. The van der Waals surface area contributed by atoms with Crippen LogP contribution in [-0.4, -0.2) is 27.7 Å². The SMILES string of the molecule is CCCCOCCn1cncc1-c1cnccc1N. The average molecular weight is 260 g/mol. The maximum absolute atomic E-state index is 5.96. The first-order chi connectivity index (χ1) is 9.33. The Morgan fingerprint density at radius 1 is 1.26 bits per heavy atom. The molecule has 0 bridgehead atoms. The Labute approximate surface area is 113 Å². The fourth-order valence-corrected chi connectivity index (χ4v) is 1.85. The zero-order valence-electron chi connectivity index (χ0n) is 11.2. The standard InChI is InChI=1S/C14H20N4O/c1-2-3-7-19-8-6-18-11-17-10-14(18)12-9-16-5-4-13(12)15/h4-5,9-11H,2-3,6-8H2,1H3,(H2,15,16). The number of aromatic nitrogens is 3. The second-order valence-electron chi connectivity index (χ2n) is 4.40. The van der Waals surface area contributed by atoms with Crippen LogP contribution in [0.3, 0.4) is 0 Å². The van der Waals surface area contributed by atoms with Crippen molar-refractivity contribution >= 4 is 5.69 Å². The summed E-state index contributed by atoms with van der Waals surface area (Å²) in [6.07, 6.45) is 9.31. The zero-order valence-corrected chi connectivity index (χ0v) is 11.2. The van der Waals surface area contributed by atoms with Crippen LogP contribution in [0.25, 0.3) is 11.3 Å². The van der Waals surface area contributed by atoms with Gasteiger partial charge in [0, 0.05) is 36.8 Å². The van der Waals surface area contributed by atoms with Crippen molar-refractivity contribution in [3.63, 3.8) is 0 Å². The molecule has 5 heteroatoms. The van der Waals surface area contributed by atoms with Crippen LogP contribution in [-0.2, 0) is 11.3 Å². The molecule has 19 heavy (non-hydrogen) atoms. The molecule has 2 N–H and O–H groups in total. The van der Waals surface area contributed by atoms with Crippen LogP contribution >= 0.6 is 0 Å². The number of nitrogens with two attached hydrogens (primary N) is 1. The van der Waals surface area contributed by atoms with Gasteiger partial charge in [0.1, 0.15) is 0 Å². The smallest absolute Gasteiger partial charge is 0.0951 e. The van der Waals surface area contributed by atoms with E-state index in [0.29, 0.717) is 12.3 Å². The van der Waals surface area contributed by atoms with E-state index in [1.807, 2.05) is 4.57 Å². The largest absolute Gasteiger partial charge is 0.398 e. The lowest BCUT2D eigenvalue weighted by molar-refractivity contribution is 0.124. The number of imidazole rings is 1. The molecule has 0 atom stereocenters. The fourth-order valence-electron chi connectivity index (χ4n) is 1.85. The molecule has 0 aliphatic carbocycles. The molecular formula is C14H20N4O. The number of ether oxygens (including phenoxy) is 1. The topological polar surface area (TPSA) is 66.0 Å². The summed E-state index contributed by atoms with van der Waals surface area (Å²) >= 11 is 0. The molecule has 2 heterocycles. The van der Waals surface area contributed by atoms with Crippen LogP contribution in [0.15, 0.2) is 31.0 Å². The summed E-state index contributed by atoms with van der Waals surface area (Å²) in [6.45, 7) is 4.43. The van der Waals surface area contributed by atoms with Crippen LogP contribution in [0.1, 0.15) is 19.8 Å². The molecule has 0 amide bonds. The van der Waals surface area contributed by atoms with Crippen molar-refractivity contribution in [1.82, 2.24) is 14.5 Å². The van der Waals surface area contributed by atoms with E-state index in [1.165, 1.54) is 0 Å². The van der Waals surface area contributed by atoms with E-state index < -0.39 is 0 Å². The Bertz CT molecular complexity index is 510. The Balaban J connectivity index is 2.00. The molecule has 0 fully saturated rings. The molecular weight excluding hydrogens is 240 g/mol. The Hall–Kier alpha value is -1.88. The number of nitrogens with zero attached hydrogens (tertiary/aromatic N) is 3. The summed E-state index contributed by atoms with van der Waals surface area (Å²) in [5.41, 5.74) is 8.56. The van der Waals surface area contributed by atoms with Gasteiger partial charge >= 0.3 is 0 Å². The number of unbranched alkanes of at least 4 members (excludes halogenated alkanes) is 1. The summed E-state index contributed by atoms with van der Waals surface area (Å²) < 4.78 is 7.61. The van der Waals surface area contributed by atoms with Crippen LogP contribution in [0.2, 0.25) is 0 Å². The molecule has 0 aliphatic heterocycles. The minimum absolute atomic E-state index is 0.684. The van der Waals surface area contributed by atoms with Crippen molar-refractivity contribution in [3.05, 3.63) is 31.0 Å². The lowest BCUT2D eigenvalue weighted by atomic mass is 10.2. The van der Waals surface area contributed by atoms with Gasteiger partial charge in [-0.1, -0.05) is 13.3 Å². The molecule has 102 valence electrons. The highest BCUT2D eigenvalue weighted by atomic mass is 16.5. The zero-order chi connectivity index (χ0) is 13.5. The summed E-state index contributed by atoms with van der Waals surface area (Å²) in [4.78, 5) is 8.29. The van der Waals surface area contributed by atoms with Crippen molar-refractivity contribution in [3.8, 4) is 11.3 Å². The predicted molar refractivity (Wildman–Crippen MR) is 75.6 cm³/mol. The van der Waals surface area contributed by atoms with E-state index in [2.05, 4.69) is 16.9 Å². The highest BCUT2D eigenvalue weighted by Gasteiger charge is 2.08. The second kappa shape index (κ2) is 6.89. The van der Waals surface area contributed by atoms with E-state index in [1.54, 1.807) is 31.0 Å². The van der Waals surface area contributed by atoms with Crippen molar-refractivity contribution in [1.29, 1.82) is 0 Å². The van der Waals surface area contributed by atoms with Gasteiger partial charge in [-0.25, -0.2) is 4.98 Å². The van der Waals surface area contributed by atoms with Gasteiger partial charge in [0.15, 0.2) is 0 Å². The van der Waals surface area contributed by atoms with Crippen molar-refractivity contribution in [2.45, 2.75) is 26.3 Å². The van der Waals surface area contributed by atoms with E-state index >= 15 is 0 Å². The van der Waals surface area contributed by atoms with Crippen molar-refractivity contribution in [2.24, 2.45) is 0 Å². The summed E-state index contributed by atoms with van der Waals surface area (Å²) in [7, 11) is 0. The first-order valence-corrected chi connectivity index (χ1v) is 6.60. The number of pyridine rings is 1. The van der Waals surface area contributed by atoms with Gasteiger partial charge in [-0.3, -0.25) is 4.98 Å². The number of anilines is 1. The normalized spacial score (nSPS) is 10.8. The van der Waals surface area contributed by atoms with Gasteiger partial charge in [-0.05, 0) is 12.5 Å². The molecule has 5 nitrogen and oxygen atoms in total.